The van der Waals surface area contributed by atoms with Gasteiger partial charge in [0.15, 0.2) is 0 Å². The normalized spacial score (nSPS) is 25.5. The third-order valence-corrected chi connectivity index (χ3v) is 4.35. The number of fused-ring (bicyclic) bond motifs is 2. The summed E-state index contributed by atoms with van der Waals surface area (Å²) in [6.45, 7) is 1.95. The predicted octanol–water partition coefficient (Wildman–Crippen LogP) is 0.911. The molecule has 2 bridgehead atoms. The Bertz CT molecular complexity index is 506. The molecule has 0 radical (unpaired) electrons. The van der Waals surface area contributed by atoms with Crippen LogP contribution in [0.3, 0.4) is 0 Å². The highest BCUT2D eigenvalue weighted by Crippen LogP contribution is 2.30. The second-order valence-corrected chi connectivity index (χ2v) is 5.79. The zero-order valence-electron chi connectivity index (χ0n) is 12.1. The first kappa shape index (κ1) is 14.4. The lowest BCUT2D eigenvalue weighted by Crippen LogP contribution is -2.37. The molecule has 2 aliphatic heterocycles. The number of amides is 1. The van der Waals surface area contributed by atoms with Gasteiger partial charge in [0, 0.05) is 31.6 Å². The van der Waals surface area contributed by atoms with Crippen molar-refractivity contribution >= 4 is 5.91 Å². The molecule has 0 spiro atoms. The molecule has 21 heavy (non-hydrogen) atoms. The van der Waals surface area contributed by atoms with Crippen LogP contribution >= 0.6 is 0 Å². The molecular formula is C16H22N2O3. The van der Waals surface area contributed by atoms with Crippen molar-refractivity contribution in [1.29, 1.82) is 0 Å². The van der Waals surface area contributed by atoms with Crippen LogP contribution in [-0.4, -0.2) is 47.8 Å². The lowest BCUT2D eigenvalue weighted by Gasteiger charge is -2.27. The van der Waals surface area contributed by atoms with E-state index in [-0.39, 0.29) is 12.5 Å². The van der Waals surface area contributed by atoms with Gasteiger partial charge < -0.3 is 15.2 Å². The molecule has 1 aromatic rings. The average molecular weight is 290 g/mol. The van der Waals surface area contributed by atoms with Crippen LogP contribution in [0, 0.1) is 0 Å². The van der Waals surface area contributed by atoms with E-state index < -0.39 is 0 Å². The number of benzene rings is 1. The molecule has 0 aliphatic carbocycles. The number of aliphatic hydroxyl groups excluding tert-OH is 1. The summed E-state index contributed by atoms with van der Waals surface area (Å²) in [4.78, 5) is 14.1. The van der Waals surface area contributed by atoms with E-state index in [1.807, 2.05) is 18.2 Å². The molecular weight excluding hydrogens is 268 g/mol. The zero-order valence-corrected chi connectivity index (χ0v) is 12.1. The van der Waals surface area contributed by atoms with Crippen LogP contribution in [0.25, 0.3) is 0 Å². The van der Waals surface area contributed by atoms with Crippen molar-refractivity contribution in [2.24, 2.45) is 0 Å². The second-order valence-electron chi connectivity index (χ2n) is 5.79. The maximum Gasteiger partial charge on any atom is 0.221 e. The van der Waals surface area contributed by atoms with Crippen molar-refractivity contribution < 1.29 is 14.6 Å². The van der Waals surface area contributed by atoms with Gasteiger partial charge in [0.05, 0.1) is 6.61 Å². The first-order valence-electron chi connectivity index (χ1n) is 7.61. The molecule has 5 nitrogen and oxygen atoms in total. The highest BCUT2D eigenvalue weighted by Gasteiger charge is 2.37. The SMILES string of the molecule is O=C1C[C@@H]2CC[C@H](CN1)N2Cc1cccc(OCCO)c1. The number of hydrogen-bond acceptors (Lipinski definition) is 4. The number of carbonyl (C=O) groups is 1. The Morgan fingerprint density at radius 1 is 1.33 bits per heavy atom. The van der Waals surface area contributed by atoms with E-state index in [1.54, 1.807) is 0 Å². The van der Waals surface area contributed by atoms with Crippen LogP contribution < -0.4 is 10.1 Å². The number of nitrogens with zero attached hydrogens (tertiary/aromatic N) is 1. The van der Waals surface area contributed by atoms with E-state index >= 15 is 0 Å². The van der Waals surface area contributed by atoms with Crippen LogP contribution in [0.5, 0.6) is 5.75 Å². The van der Waals surface area contributed by atoms with Gasteiger partial charge in [-0.15, -0.1) is 0 Å². The summed E-state index contributed by atoms with van der Waals surface area (Å²) in [5.74, 6) is 0.963. The fraction of sp³-hybridized carbons (Fsp3) is 0.562. The average Bonchev–Trinajstić information content (AvgIpc) is 2.77. The minimum absolute atomic E-state index is 0.0221. The quantitative estimate of drug-likeness (QED) is 0.846. The summed E-state index contributed by atoms with van der Waals surface area (Å²) in [5, 5.41) is 11.8. The van der Waals surface area contributed by atoms with Crippen molar-refractivity contribution in [3.8, 4) is 5.75 Å². The number of nitrogens with one attached hydrogen (secondary N) is 1. The maximum absolute atomic E-state index is 11.7. The number of rotatable bonds is 5. The van der Waals surface area contributed by atoms with Gasteiger partial charge in [0.1, 0.15) is 12.4 Å². The van der Waals surface area contributed by atoms with E-state index in [1.165, 1.54) is 5.56 Å². The third kappa shape index (κ3) is 3.36. The summed E-state index contributed by atoms with van der Waals surface area (Å²) in [6.07, 6.45) is 2.88. The molecule has 2 saturated heterocycles. The Hall–Kier alpha value is -1.59. The largest absolute Gasteiger partial charge is 0.491 e. The fourth-order valence-electron chi connectivity index (χ4n) is 3.34. The Balaban J connectivity index is 1.69. The molecule has 1 aromatic carbocycles. The molecule has 3 rings (SSSR count). The maximum atomic E-state index is 11.7. The summed E-state index contributed by atoms with van der Waals surface area (Å²) < 4.78 is 5.46. The van der Waals surface area contributed by atoms with Crippen molar-refractivity contribution in [2.75, 3.05) is 19.8 Å². The van der Waals surface area contributed by atoms with Crippen molar-refractivity contribution in [3.63, 3.8) is 0 Å². The van der Waals surface area contributed by atoms with Gasteiger partial charge in [0.25, 0.3) is 0 Å². The third-order valence-electron chi connectivity index (χ3n) is 4.35. The molecule has 1 amide bonds. The van der Waals surface area contributed by atoms with E-state index in [9.17, 15) is 4.79 Å². The minimum atomic E-state index is 0.0221. The van der Waals surface area contributed by atoms with Gasteiger partial charge in [-0.2, -0.15) is 0 Å². The summed E-state index contributed by atoms with van der Waals surface area (Å²) in [7, 11) is 0. The molecule has 2 aliphatic rings. The summed E-state index contributed by atoms with van der Waals surface area (Å²) >= 11 is 0. The number of hydrogen-bond donors (Lipinski definition) is 2. The number of aliphatic hydroxyl groups is 1. The Kier molecular flexibility index (Phi) is 4.41. The molecule has 5 heteroatoms. The van der Waals surface area contributed by atoms with Crippen LogP contribution in [0.15, 0.2) is 24.3 Å². The van der Waals surface area contributed by atoms with Gasteiger partial charge in [-0.25, -0.2) is 0 Å². The van der Waals surface area contributed by atoms with Crippen molar-refractivity contribution in [1.82, 2.24) is 10.2 Å². The van der Waals surface area contributed by atoms with Gasteiger partial charge in [-0.3, -0.25) is 9.69 Å². The number of ether oxygens (including phenoxy) is 1. The molecule has 0 saturated carbocycles. The van der Waals surface area contributed by atoms with E-state index in [4.69, 9.17) is 9.84 Å². The van der Waals surface area contributed by atoms with E-state index in [0.717, 1.165) is 31.7 Å². The molecule has 2 N–H and O–H groups in total. The Morgan fingerprint density at radius 3 is 3.05 bits per heavy atom. The van der Waals surface area contributed by atoms with Gasteiger partial charge in [-0.05, 0) is 30.5 Å². The number of carbonyl (C=O) groups excluding carboxylic acids is 1. The van der Waals surface area contributed by atoms with Crippen molar-refractivity contribution in [3.05, 3.63) is 29.8 Å². The lowest BCUT2D eigenvalue weighted by atomic mass is 10.1. The molecule has 0 unspecified atom stereocenters. The molecule has 2 fully saturated rings. The van der Waals surface area contributed by atoms with Gasteiger partial charge >= 0.3 is 0 Å². The summed E-state index contributed by atoms with van der Waals surface area (Å²) in [5.41, 5.74) is 1.19. The highest BCUT2D eigenvalue weighted by atomic mass is 16.5. The predicted molar refractivity (Wildman–Crippen MR) is 79.0 cm³/mol. The van der Waals surface area contributed by atoms with Crippen LogP contribution in [0.4, 0.5) is 0 Å². The summed E-state index contributed by atoms with van der Waals surface area (Å²) in [6, 6.07) is 8.80. The van der Waals surface area contributed by atoms with Crippen molar-refractivity contribution in [2.45, 2.75) is 37.9 Å². The monoisotopic (exact) mass is 290 g/mol. The first-order chi connectivity index (χ1) is 10.3. The van der Waals surface area contributed by atoms with Gasteiger partial charge in [-0.1, -0.05) is 12.1 Å². The Labute approximate surface area is 124 Å². The van der Waals surface area contributed by atoms with E-state index in [2.05, 4.69) is 16.3 Å². The molecule has 114 valence electrons. The zero-order chi connectivity index (χ0) is 14.7. The molecule has 2 heterocycles. The fourth-order valence-corrected chi connectivity index (χ4v) is 3.34. The molecule has 2 atom stereocenters. The second kappa shape index (κ2) is 6.45. The van der Waals surface area contributed by atoms with E-state index in [0.29, 0.717) is 25.1 Å². The van der Waals surface area contributed by atoms with Crippen LogP contribution in [0.1, 0.15) is 24.8 Å². The van der Waals surface area contributed by atoms with Crippen LogP contribution in [0.2, 0.25) is 0 Å². The Morgan fingerprint density at radius 2 is 2.19 bits per heavy atom. The van der Waals surface area contributed by atoms with Crippen LogP contribution in [-0.2, 0) is 11.3 Å². The highest BCUT2D eigenvalue weighted by molar-refractivity contribution is 5.77. The molecule has 0 aromatic heterocycles. The standard InChI is InChI=1S/C16H22N2O3/c19-6-7-21-15-3-1-2-12(8-15)11-18-13-4-5-14(18)10-17-16(20)9-13/h1-3,8,13-14,19H,4-7,9-11H2,(H,17,20)/t13-,14+/m0/s1. The smallest absolute Gasteiger partial charge is 0.221 e. The first-order valence-corrected chi connectivity index (χ1v) is 7.61. The minimum Gasteiger partial charge on any atom is -0.491 e. The van der Waals surface area contributed by atoms with Gasteiger partial charge in [0.2, 0.25) is 5.91 Å². The lowest BCUT2D eigenvalue weighted by molar-refractivity contribution is -0.121. The topological polar surface area (TPSA) is 61.8 Å².